The van der Waals surface area contributed by atoms with Gasteiger partial charge in [-0.05, 0) is 54.2 Å². The van der Waals surface area contributed by atoms with Crippen molar-refractivity contribution < 1.29 is 13.9 Å². The Balaban J connectivity index is 1.53. The van der Waals surface area contributed by atoms with E-state index in [0.717, 1.165) is 30.5 Å². The number of carbonyl (C=O) groups excluding carboxylic acids is 1. The topological polar surface area (TPSA) is 51.2 Å². The molecule has 27 heavy (non-hydrogen) atoms. The van der Waals surface area contributed by atoms with Crippen LogP contribution < -0.4 is 5.32 Å². The van der Waals surface area contributed by atoms with Crippen LogP contribution in [0.2, 0.25) is 0 Å². The Labute approximate surface area is 159 Å². The van der Waals surface area contributed by atoms with E-state index in [0.29, 0.717) is 24.0 Å². The normalized spacial score (nSPS) is 19.9. The number of aromatic nitrogens is 1. The van der Waals surface area contributed by atoms with Crippen molar-refractivity contribution in [1.29, 1.82) is 0 Å². The van der Waals surface area contributed by atoms with Gasteiger partial charge >= 0.3 is 0 Å². The molecule has 1 aliphatic carbocycles. The maximum atomic E-state index is 13.1. The molecule has 0 aliphatic heterocycles. The van der Waals surface area contributed by atoms with Crippen LogP contribution in [0.3, 0.4) is 0 Å². The van der Waals surface area contributed by atoms with Gasteiger partial charge in [0.05, 0.1) is 18.9 Å². The Morgan fingerprint density at radius 2 is 2.22 bits per heavy atom. The molecule has 1 aliphatic rings. The van der Waals surface area contributed by atoms with Gasteiger partial charge in [0.2, 0.25) is 5.91 Å². The molecule has 2 unspecified atom stereocenters. The molecule has 1 aromatic heterocycles. The molecule has 1 fully saturated rings. The van der Waals surface area contributed by atoms with Gasteiger partial charge in [-0.1, -0.05) is 31.9 Å². The Morgan fingerprint density at radius 3 is 3.04 bits per heavy atom. The minimum Gasteiger partial charge on any atom is -0.374 e. The highest BCUT2D eigenvalue weighted by atomic mass is 19.1. The maximum Gasteiger partial charge on any atom is 0.248 e. The molecule has 0 radical (unpaired) electrons. The van der Waals surface area contributed by atoms with Gasteiger partial charge in [0.25, 0.3) is 0 Å². The number of benzene rings is 1. The van der Waals surface area contributed by atoms with Crippen LogP contribution in [0.1, 0.15) is 43.7 Å². The van der Waals surface area contributed by atoms with Crippen molar-refractivity contribution in [3.63, 3.8) is 0 Å². The second-order valence-electron chi connectivity index (χ2n) is 7.16. The van der Waals surface area contributed by atoms with Crippen LogP contribution in [-0.2, 0) is 16.1 Å². The number of pyridine rings is 1. The van der Waals surface area contributed by atoms with Crippen LogP contribution in [0.15, 0.2) is 48.8 Å². The summed E-state index contributed by atoms with van der Waals surface area (Å²) in [6.45, 7) is 2.82. The van der Waals surface area contributed by atoms with Crippen LogP contribution in [0.5, 0.6) is 0 Å². The average molecular weight is 368 g/mol. The van der Waals surface area contributed by atoms with Crippen molar-refractivity contribution >= 4 is 17.7 Å². The summed E-state index contributed by atoms with van der Waals surface area (Å²) >= 11 is 0. The summed E-state index contributed by atoms with van der Waals surface area (Å²) in [6, 6.07) is 8.97. The lowest BCUT2D eigenvalue weighted by atomic mass is 9.89. The molecule has 0 bridgehead atoms. The summed E-state index contributed by atoms with van der Waals surface area (Å²) in [4.78, 5) is 15.8. The first kappa shape index (κ1) is 19.2. The zero-order chi connectivity index (χ0) is 19.1. The minimum absolute atomic E-state index is 0.279. The number of rotatable bonds is 6. The van der Waals surface area contributed by atoms with Crippen molar-refractivity contribution in [2.75, 3.05) is 5.32 Å². The molecule has 5 heteroatoms. The monoisotopic (exact) mass is 368 g/mol. The van der Waals surface area contributed by atoms with Crippen LogP contribution in [0.25, 0.3) is 6.08 Å². The van der Waals surface area contributed by atoms with E-state index in [-0.39, 0.29) is 5.91 Å². The summed E-state index contributed by atoms with van der Waals surface area (Å²) < 4.78 is 19.1. The molecule has 1 saturated carbocycles. The van der Waals surface area contributed by atoms with Crippen molar-refractivity contribution in [2.45, 2.75) is 45.3 Å². The Kier molecular flexibility index (Phi) is 6.71. The number of ether oxygens (including phenoxy) is 1. The van der Waals surface area contributed by atoms with Crippen molar-refractivity contribution in [2.24, 2.45) is 5.92 Å². The lowest BCUT2D eigenvalue weighted by molar-refractivity contribution is -0.111. The zero-order valence-electron chi connectivity index (χ0n) is 15.5. The van der Waals surface area contributed by atoms with Gasteiger partial charge in [-0.2, -0.15) is 0 Å². The van der Waals surface area contributed by atoms with E-state index in [9.17, 15) is 9.18 Å². The lowest BCUT2D eigenvalue weighted by Gasteiger charge is -2.26. The molecule has 1 amide bonds. The van der Waals surface area contributed by atoms with Gasteiger partial charge in [-0.3, -0.25) is 9.78 Å². The van der Waals surface area contributed by atoms with Crippen molar-refractivity contribution in [3.05, 3.63) is 65.7 Å². The zero-order valence-corrected chi connectivity index (χ0v) is 15.5. The fourth-order valence-electron chi connectivity index (χ4n) is 3.36. The fraction of sp³-hybridized carbons (Fsp3) is 0.364. The number of hydrogen-bond donors (Lipinski definition) is 1. The predicted octanol–water partition coefficient (Wildman–Crippen LogP) is 4.97. The maximum absolute atomic E-state index is 13.1. The van der Waals surface area contributed by atoms with Gasteiger partial charge in [-0.15, -0.1) is 0 Å². The van der Waals surface area contributed by atoms with Crippen molar-refractivity contribution in [3.8, 4) is 0 Å². The number of nitrogens with zero attached hydrogens (tertiary/aromatic N) is 1. The average Bonchev–Trinajstić information content (AvgIpc) is 2.65. The van der Waals surface area contributed by atoms with E-state index in [4.69, 9.17) is 4.74 Å². The largest absolute Gasteiger partial charge is 0.374 e. The molecule has 1 N–H and O–H groups in total. The third kappa shape index (κ3) is 6.29. The number of amides is 1. The van der Waals surface area contributed by atoms with Crippen LogP contribution in [0, 0.1) is 11.7 Å². The van der Waals surface area contributed by atoms with Gasteiger partial charge in [0, 0.05) is 18.0 Å². The molecule has 0 spiro atoms. The summed E-state index contributed by atoms with van der Waals surface area (Å²) in [6.07, 6.45) is 10.6. The molecule has 1 heterocycles. The molecular formula is C22H25FN2O2. The van der Waals surface area contributed by atoms with Gasteiger partial charge in [0.15, 0.2) is 0 Å². The third-order valence-corrected chi connectivity index (χ3v) is 4.72. The molecule has 2 aromatic rings. The highest BCUT2D eigenvalue weighted by Crippen LogP contribution is 2.26. The SMILES string of the molecule is CC1CCCC(OCc2cccc(NC(=O)C=Cc3cncc(F)c3)c2)C1. The number of hydrogen-bond acceptors (Lipinski definition) is 3. The minimum atomic E-state index is -0.433. The summed E-state index contributed by atoms with van der Waals surface area (Å²) in [5.41, 5.74) is 2.28. The molecular weight excluding hydrogens is 343 g/mol. The van der Waals surface area contributed by atoms with Crippen LogP contribution in [0.4, 0.5) is 10.1 Å². The highest BCUT2D eigenvalue weighted by Gasteiger charge is 2.19. The van der Waals surface area contributed by atoms with E-state index in [2.05, 4.69) is 17.2 Å². The summed E-state index contributed by atoms with van der Waals surface area (Å²) in [5, 5.41) is 2.82. The fourth-order valence-corrected chi connectivity index (χ4v) is 3.36. The standard InChI is InChI=1S/C22H25FN2O2/c1-16-4-2-7-21(10-16)27-15-18-5-3-6-20(12-18)25-22(26)9-8-17-11-19(23)14-24-13-17/h3,5-6,8-9,11-14,16,21H,2,4,7,10,15H2,1H3,(H,25,26). The second-order valence-corrected chi connectivity index (χ2v) is 7.16. The number of nitrogens with one attached hydrogen (secondary N) is 1. The number of halogens is 1. The Morgan fingerprint density at radius 1 is 1.33 bits per heavy atom. The third-order valence-electron chi connectivity index (χ3n) is 4.72. The first-order valence-corrected chi connectivity index (χ1v) is 9.38. The molecule has 2 atom stereocenters. The van der Waals surface area contributed by atoms with Crippen LogP contribution >= 0.6 is 0 Å². The van der Waals surface area contributed by atoms with Crippen molar-refractivity contribution in [1.82, 2.24) is 4.98 Å². The quantitative estimate of drug-likeness (QED) is 0.733. The summed E-state index contributed by atoms with van der Waals surface area (Å²) in [7, 11) is 0. The number of carbonyl (C=O) groups is 1. The van der Waals surface area contributed by atoms with E-state index in [1.54, 1.807) is 0 Å². The molecule has 0 saturated heterocycles. The summed E-state index contributed by atoms with van der Waals surface area (Å²) in [5.74, 6) is 0.0190. The van der Waals surface area contributed by atoms with Crippen LogP contribution in [-0.4, -0.2) is 17.0 Å². The van der Waals surface area contributed by atoms with E-state index < -0.39 is 5.82 Å². The first-order chi connectivity index (χ1) is 13.1. The predicted molar refractivity (Wildman–Crippen MR) is 105 cm³/mol. The molecule has 4 nitrogen and oxygen atoms in total. The van der Waals surface area contributed by atoms with Gasteiger partial charge < -0.3 is 10.1 Å². The highest BCUT2D eigenvalue weighted by molar-refractivity contribution is 6.01. The Bertz CT molecular complexity index is 806. The number of anilines is 1. The molecule has 142 valence electrons. The van der Waals surface area contributed by atoms with E-state index in [1.807, 2.05) is 24.3 Å². The molecule has 1 aromatic carbocycles. The smallest absolute Gasteiger partial charge is 0.248 e. The van der Waals surface area contributed by atoms with Gasteiger partial charge in [0.1, 0.15) is 5.82 Å². The first-order valence-electron chi connectivity index (χ1n) is 9.38. The second kappa shape index (κ2) is 9.42. The van der Waals surface area contributed by atoms with Gasteiger partial charge in [-0.25, -0.2) is 4.39 Å². The van der Waals surface area contributed by atoms with E-state index >= 15 is 0 Å². The lowest BCUT2D eigenvalue weighted by Crippen LogP contribution is -2.21. The Hall–Kier alpha value is -2.53. The molecule has 3 rings (SSSR count). The van der Waals surface area contributed by atoms with E-state index in [1.165, 1.54) is 37.3 Å².